The Hall–Kier alpha value is -2.00. The van der Waals surface area contributed by atoms with Crippen LogP contribution in [0.1, 0.15) is 29.7 Å². The predicted octanol–water partition coefficient (Wildman–Crippen LogP) is 4.12. The van der Waals surface area contributed by atoms with E-state index in [1.807, 2.05) is 44.2 Å². The second-order valence-electron chi connectivity index (χ2n) is 5.03. The fraction of sp³-hybridized carbons (Fsp3) is 0.294. The number of nitrogens with two attached hydrogens (primary N) is 1. The maximum atomic E-state index is 6.05. The molecule has 0 aliphatic heterocycles. The Morgan fingerprint density at radius 1 is 1.00 bits per heavy atom. The Balaban J connectivity index is 2.43. The third-order valence-corrected chi connectivity index (χ3v) is 3.25. The molecular formula is C17H21NO2. The summed E-state index contributed by atoms with van der Waals surface area (Å²) in [5.74, 6) is 2.33. The van der Waals surface area contributed by atoms with Crippen LogP contribution in [0, 0.1) is 13.8 Å². The summed E-state index contributed by atoms with van der Waals surface area (Å²) in [5.41, 5.74) is 9.25. The smallest absolute Gasteiger partial charge is 0.135 e. The van der Waals surface area contributed by atoms with Gasteiger partial charge in [-0.2, -0.15) is 0 Å². The first-order valence-corrected chi connectivity index (χ1v) is 6.70. The minimum Gasteiger partial charge on any atom is -0.496 e. The van der Waals surface area contributed by atoms with Crippen LogP contribution in [0.25, 0.3) is 0 Å². The molecule has 20 heavy (non-hydrogen) atoms. The molecule has 2 rings (SSSR count). The number of aryl methyl sites for hydroxylation is 2. The summed E-state index contributed by atoms with van der Waals surface area (Å²) in [7, 11) is 1.64. The topological polar surface area (TPSA) is 44.5 Å². The van der Waals surface area contributed by atoms with Gasteiger partial charge in [-0.15, -0.1) is 0 Å². The quantitative estimate of drug-likeness (QED) is 0.909. The van der Waals surface area contributed by atoms with Crippen LogP contribution in [0.15, 0.2) is 36.4 Å². The lowest BCUT2D eigenvalue weighted by molar-refractivity contribution is 0.397. The molecule has 0 radical (unpaired) electrons. The molecular weight excluding hydrogens is 250 g/mol. The summed E-state index contributed by atoms with van der Waals surface area (Å²) in [6, 6.07) is 11.7. The Morgan fingerprint density at radius 2 is 1.70 bits per heavy atom. The second kappa shape index (κ2) is 5.97. The van der Waals surface area contributed by atoms with Crippen LogP contribution in [-0.2, 0) is 0 Å². The first-order valence-electron chi connectivity index (χ1n) is 6.70. The summed E-state index contributed by atoms with van der Waals surface area (Å²) >= 11 is 0. The van der Waals surface area contributed by atoms with Crippen molar-refractivity contribution in [3.63, 3.8) is 0 Å². The van der Waals surface area contributed by atoms with Crippen molar-refractivity contribution in [2.45, 2.75) is 26.8 Å². The lowest BCUT2D eigenvalue weighted by atomic mass is 10.1. The average Bonchev–Trinajstić information content (AvgIpc) is 2.41. The van der Waals surface area contributed by atoms with Gasteiger partial charge in [0, 0.05) is 6.04 Å². The molecule has 0 unspecified atom stereocenters. The number of hydrogen-bond acceptors (Lipinski definition) is 3. The Bertz CT molecular complexity index is 606. The van der Waals surface area contributed by atoms with Gasteiger partial charge < -0.3 is 15.2 Å². The third kappa shape index (κ3) is 2.94. The maximum absolute atomic E-state index is 6.05. The highest BCUT2D eigenvalue weighted by molar-refractivity contribution is 5.49. The first-order chi connectivity index (χ1) is 9.52. The van der Waals surface area contributed by atoms with E-state index in [1.165, 1.54) is 5.56 Å². The lowest BCUT2D eigenvalue weighted by Gasteiger charge is -2.18. The average molecular weight is 271 g/mol. The van der Waals surface area contributed by atoms with Crippen LogP contribution in [0.4, 0.5) is 0 Å². The number of hydrogen-bond donors (Lipinski definition) is 1. The molecule has 0 amide bonds. The van der Waals surface area contributed by atoms with E-state index >= 15 is 0 Å². The van der Waals surface area contributed by atoms with Crippen molar-refractivity contribution in [1.82, 2.24) is 0 Å². The monoisotopic (exact) mass is 271 g/mol. The van der Waals surface area contributed by atoms with Gasteiger partial charge in [-0.3, -0.25) is 0 Å². The number of rotatable bonds is 4. The molecule has 2 N–H and O–H groups in total. The predicted molar refractivity (Wildman–Crippen MR) is 81.6 cm³/mol. The van der Waals surface area contributed by atoms with E-state index in [0.717, 1.165) is 28.4 Å². The molecule has 0 aliphatic rings. The Kier molecular flexibility index (Phi) is 4.30. The molecule has 0 aliphatic carbocycles. The number of methoxy groups -OCH3 is 1. The summed E-state index contributed by atoms with van der Waals surface area (Å²) in [6.07, 6.45) is 0. The van der Waals surface area contributed by atoms with Crippen LogP contribution in [0.3, 0.4) is 0 Å². The number of ether oxygens (including phenoxy) is 2. The van der Waals surface area contributed by atoms with Crippen molar-refractivity contribution in [2.24, 2.45) is 5.73 Å². The molecule has 0 heterocycles. The molecule has 3 heteroatoms. The standard InChI is InChI=1S/C17H21NO2/c1-11-8-9-14(12(2)10-11)20-16-7-5-6-15(19-4)17(16)13(3)18/h5-10,13H,18H2,1-4H3/t13-/m1/s1. The molecule has 2 aromatic rings. The molecule has 1 atom stereocenters. The molecule has 0 fully saturated rings. The van der Waals surface area contributed by atoms with Crippen LogP contribution in [-0.4, -0.2) is 7.11 Å². The van der Waals surface area contributed by atoms with Gasteiger partial charge in [0.2, 0.25) is 0 Å². The molecule has 3 nitrogen and oxygen atoms in total. The third-order valence-electron chi connectivity index (χ3n) is 3.25. The summed E-state index contributed by atoms with van der Waals surface area (Å²) < 4.78 is 11.4. The molecule has 0 spiro atoms. The molecule has 0 bridgehead atoms. The van der Waals surface area contributed by atoms with Gasteiger partial charge in [0.25, 0.3) is 0 Å². The zero-order valence-corrected chi connectivity index (χ0v) is 12.4. The van der Waals surface area contributed by atoms with Crippen LogP contribution in [0.2, 0.25) is 0 Å². The highest BCUT2D eigenvalue weighted by atomic mass is 16.5. The fourth-order valence-electron chi connectivity index (χ4n) is 2.27. The van der Waals surface area contributed by atoms with Gasteiger partial charge in [0.05, 0.1) is 12.7 Å². The summed E-state index contributed by atoms with van der Waals surface area (Å²) in [5, 5.41) is 0. The van der Waals surface area contributed by atoms with Crippen molar-refractivity contribution in [3.05, 3.63) is 53.1 Å². The van der Waals surface area contributed by atoms with Crippen LogP contribution >= 0.6 is 0 Å². The Labute approximate surface area is 120 Å². The van der Waals surface area contributed by atoms with E-state index in [-0.39, 0.29) is 6.04 Å². The molecule has 0 saturated heterocycles. The molecule has 2 aromatic carbocycles. The van der Waals surface area contributed by atoms with Gasteiger partial charge in [-0.05, 0) is 44.5 Å². The van der Waals surface area contributed by atoms with Crippen LogP contribution in [0.5, 0.6) is 17.2 Å². The first kappa shape index (κ1) is 14.4. The van der Waals surface area contributed by atoms with Crippen molar-refractivity contribution in [1.29, 1.82) is 0 Å². The van der Waals surface area contributed by atoms with E-state index in [2.05, 4.69) is 13.0 Å². The van der Waals surface area contributed by atoms with Crippen molar-refractivity contribution >= 4 is 0 Å². The number of benzene rings is 2. The highest BCUT2D eigenvalue weighted by Gasteiger charge is 2.15. The normalized spacial score (nSPS) is 12.1. The van der Waals surface area contributed by atoms with E-state index in [1.54, 1.807) is 7.11 Å². The van der Waals surface area contributed by atoms with E-state index in [0.29, 0.717) is 0 Å². The summed E-state index contributed by atoms with van der Waals surface area (Å²) in [6.45, 7) is 6.02. The molecule has 106 valence electrons. The van der Waals surface area contributed by atoms with Gasteiger partial charge in [0.1, 0.15) is 17.2 Å². The molecule has 0 aromatic heterocycles. The fourth-order valence-corrected chi connectivity index (χ4v) is 2.27. The van der Waals surface area contributed by atoms with E-state index in [4.69, 9.17) is 15.2 Å². The van der Waals surface area contributed by atoms with Crippen molar-refractivity contribution < 1.29 is 9.47 Å². The summed E-state index contributed by atoms with van der Waals surface area (Å²) in [4.78, 5) is 0. The zero-order chi connectivity index (χ0) is 14.7. The van der Waals surface area contributed by atoms with Gasteiger partial charge >= 0.3 is 0 Å². The Morgan fingerprint density at radius 3 is 2.30 bits per heavy atom. The largest absolute Gasteiger partial charge is 0.496 e. The second-order valence-corrected chi connectivity index (χ2v) is 5.03. The SMILES string of the molecule is COc1cccc(Oc2ccc(C)cc2C)c1[C@@H](C)N. The van der Waals surface area contributed by atoms with Gasteiger partial charge in [0.15, 0.2) is 0 Å². The van der Waals surface area contributed by atoms with Crippen molar-refractivity contribution in [2.75, 3.05) is 7.11 Å². The van der Waals surface area contributed by atoms with Crippen LogP contribution < -0.4 is 15.2 Å². The highest BCUT2D eigenvalue weighted by Crippen LogP contribution is 2.36. The van der Waals surface area contributed by atoms with E-state index < -0.39 is 0 Å². The minimum absolute atomic E-state index is 0.160. The lowest BCUT2D eigenvalue weighted by Crippen LogP contribution is -2.08. The van der Waals surface area contributed by atoms with Crippen molar-refractivity contribution in [3.8, 4) is 17.2 Å². The maximum Gasteiger partial charge on any atom is 0.135 e. The van der Waals surface area contributed by atoms with Gasteiger partial charge in [-0.1, -0.05) is 23.8 Å². The minimum atomic E-state index is -0.160. The molecule has 0 saturated carbocycles. The van der Waals surface area contributed by atoms with E-state index in [9.17, 15) is 0 Å². The van der Waals surface area contributed by atoms with Gasteiger partial charge in [-0.25, -0.2) is 0 Å². The zero-order valence-electron chi connectivity index (χ0n) is 12.4.